The van der Waals surface area contributed by atoms with E-state index in [1.54, 1.807) is 0 Å². The lowest BCUT2D eigenvalue weighted by atomic mass is 9.83. The summed E-state index contributed by atoms with van der Waals surface area (Å²) in [5, 5.41) is 3.40. The number of hydrogen-bond donors (Lipinski definition) is 2. The second-order valence-electron chi connectivity index (χ2n) is 7.77. The lowest BCUT2D eigenvalue weighted by molar-refractivity contribution is -0.165. The largest absolute Gasteiger partial charge is 0.391 e. The Morgan fingerprint density at radius 3 is 2.32 bits per heavy atom. The van der Waals surface area contributed by atoms with Crippen LogP contribution in [0.25, 0.3) is 0 Å². The van der Waals surface area contributed by atoms with E-state index in [1.807, 2.05) is 0 Å². The van der Waals surface area contributed by atoms with Crippen LogP contribution in [0.1, 0.15) is 44.9 Å². The zero-order valence-electron chi connectivity index (χ0n) is 15.2. The van der Waals surface area contributed by atoms with Crippen LogP contribution in [0.15, 0.2) is 0 Å². The smallest absolute Gasteiger partial charge is 0.333 e. The summed E-state index contributed by atoms with van der Waals surface area (Å²) in [6.45, 7) is 6.03. The first-order valence-electron chi connectivity index (χ1n) is 9.78. The summed E-state index contributed by atoms with van der Waals surface area (Å²) in [5.74, 6) is -0.999. The minimum atomic E-state index is -0.957. The van der Waals surface area contributed by atoms with E-state index in [0.29, 0.717) is 18.9 Å². The van der Waals surface area contributed by atoms with E-state index in [1.165, 1.54) is 12.8 Å². The van der Waals surface area contributed by atoms with Gasteiger partial charge in [-0.05, 0) is 38.8 Å². The Morgan fingerprint density at radius 1 is 1.04 bits per heavy atom. The van der Waals surface area contributed by atoms with E-state index in [0.717, 1.165) is 58.5 Å². The highest BCUT2D eigenvalue weighted by molar-refractivity contribution is 5.91. The van der Waals surface area contributed by atoms with E-state index in [9.17, 15) is 9.59 Å². The van der Waals surface area contributed by atoms with E-state index in [-0.39, 0.29) is 6.54 Å². The van der Waals surface area contributed by atoms with Crippen molar-refractivity contribution in [1.82, 2.24) is 15.1 Å². The Balaban J connectivity index is 1.39. The fraction of sp³-hybridized carbons (Fsp3) is 0.889. The molecule has 1 saturated carbocycles. The van der Waals surface area contributed by atoms with Gasteiger partial charge in [0.2, 0.25) is 0 Å². The van der Waals surface area contributed by atoms with Gasteiger partial charge >= 0.3 is 11.9 Å². The molecular weight excluding hydrogens is 320 g/mol. The van der Waals surface area contributed by atoms with E-state index >= 15 is 0 Å². The highest BCUT2D eigenvalue weighted by Gasteiger charge is 2.38. The fourth-order valence-electron chi connectivity index (χ4n) is 4.27. The maximum absolute atomic E-state index is 12.2. The van der Waals surface area contributed by atoms with Crippen molar-refractivity contribution in [1.29, 1.82) is 0 Å². The van der Waals surface area contributed by atoms with Gasteiger partial charge in [-0.3, -0.25) is 14.6 Å². The van der Waals surface area contributed by atoms with Crippen molar-refractivity contribution in [3.63, 3.8) is 0 Å². The van der Waals surface area contributed by atoms with Crippen LogP contribution in [0.4, 0.5) is 0 Å². The molecule has 3 aliphatic rings. The van der Waals surface area contributed by atoms with Gasteiger partial charge in [0.15, 0.2) is 0 Å². The molecule has 0 aromatic rings. The number of piperazine rings is 1. The lowest BCUT2D eigenvalue weighted by Crippen LogP contribution is -2.54. The third-order valence-electron chi connectivity index (χ3n) is 5.94. The molecule has 0 bridgehead atoms. The number of hydrogen-bond acceptors (Lipinski definition) is 7. The standard InChI is InChI=1S/C18H32N4O3/c19-18(6-2-1-3-7-18)17(24)25-16(23)14-21-10-12-22(13-11-21)15-4-8-20-9-5-15/h15,20H,1-14,19H2. The van der Waals surface area contributed by atoms with Crippen LogP contribution in [0.5, 0.6) is 0 Å². The van der Waals surface area contributed by atoms with Crippen molar-refractivity contribution in [2.45, 2.75) is 56.5 Å². The van der Waals surface area contributed by atoms with Gasteiger partial charge in [-0.15, -0.1) is 0 Å². The molecule has 0 aromatic carbocycles. The molecule has 142 valence electrons. The van der Waals surface area contributed by atoms with Gasteiger partial charge < -0.3 is 15.8 Å². The van der Waals surface area contributed by atoms with Crippen LogP contribution in [0.3, 0.4) is 0 Å². The Hall–Kier alpha value is -1.02. The van der Waals surface area contributed by atoms with Crippen LogP contribution in [0, 0.1) is 0 Å². The Kier molecular flexibility index (Phi) is 6.44. The quantitative estimate of drug-likeness (QED) is 0.547. The summed E-state index contributed by atoms with van der Waals surface area (Å²) in [6, 6.07) is 0.667. The molecule has 2 heterocycles. The van der Waals surface area contributed by atoms with Crippen LogP contribution < -0.4 is 11.1 Å². The van der Waals surface area contributed by atoms with Crippen molar-refractivity contribution in [2.75, 3.05) is 45.8 Å². The SMILES string of the molecule is NC1(C(=O)OC(=O)CN2CCN(C3CCNCC3)CC2)CCCCC1. The van der Waals surface area contributed by atoms with Gasteiger partial charge in [-0.2, -0.15) is 0 Å². The van der Waals surface area contributed by atoms with Gasteiger partial charge in [0.05, 0.1) is 6.54 Å². The predicted octanol–water partition coefficient (Wildman–Crippen LogP) is 0.0874. The van der Waals surface area contributed by atoms with Crippen molar-refractivity contribution >= 4 is 11.9 Å². The summed E-state index contributed by atoms with van der Waals surface area (Å²) < 4.78 is 5.07. The number of carbonyl (C=O) groups is 2. The molecule has 25 heavy (non-hydrogen) atoms. The van der Waals surface area contributed by atoms with Gasteiger partial charge in [-0.25, -0.2) is 4.79 Å². The minimum Gasteiger partial charge on any atom is -0.391 e. The normalized spacial score (nSPS) is 26.3. The second-order valence-corrected chi connectivity index (χ2v) is 7.77. The summed E-state index contributed by atoms with van der Waals surface area (Å²) in [5.41, 5.74) is 5.18. The molecule has 0 radical (unpaired) electrons. The summed E-state index contributed by atoms with van der Waals surface area (Å²) in [7, 11) is 0. The number of carbonyl (C=O) groups excluding carboxylic acids is 2. The van der Waals surface area contributed by atoms with Gasteiger partial charge in [-0.1, -0.05) is 19.3 Å². The minimum absolute atomic E-state index is 0.182. The van der Waals surface area contributed by atoms with Crippen LogP contribution in [0.2, 0.25) is 0 Å². The molecule has 7 heteroatoms. The predicted molar refractivity (Wildman–Crippen MR) is 95.0 cm³/mol. The first-order valence-corrected chi connectivity index (χ1v) is 9.78. The molecule has 0 unspecified atom stereocenters. The summed E-state index contributed by atoms with van der Waals surface area (Å²) >= 11 is 0. The molecular formula is C18H32N4O3. The lowest BCUT2D eigenvalue weighted by Gasteiger charge is -2.40. The molecule has 1 aliphatic carbocycles. The van der Waals surface area contributed by atoms with E-state index in [2.05, 4.69) is 15.1 Å². The maximum atomic E-state index is 12.2. The zero-order chi connectivity index (χ0) is 17.7. The number of nitrogens with zero attached hydrogens (tertiary/aromatic N) is 2. The first kappa shape index (κ1) is 18.8. The molecule has 2 saturated heterocycles. The highest BCUT2D eigenvalue weighted by Crippen LogP contribution is 2.27. The number of rotatable bonds is 4. The van der Waals surface area contributed by atoms with Crippen LogP contribution in [-0.2, 0) is 14.3 Å². The molecule has 0 aromatic heterocycles. The zero-order valence-corrected chi connectivity index (χ0v) is 15.2. The number of piperidine rings is 1. The fourth-order valence-corrected chi connectivity index (χ4v) is 4.27. The third kappa shape index (κ3) is 5.00. The van der Waals surface area contributed by atoms with Gasteiger partial charge in [0.25, 0.3) is 0 Å². The van der Waals surface area contributed by atoms with E-state index < -0.39 is 17.5 Å². The number of esters is 2. The maximum Gasteiger partial charge on any atom is 0.333 e. The Morgan fingerprint density at radius 2 is 1.68 bits per heavy atom. The molecule has 7 nitrogen and oxygen atoms in total. The molecule has 3 fully saturated rings. The Bertz CT molecular complexity index is 465. The topological polar surface area (TPSA) is 87.9 Å². The molecule has 3 rings (SSSR count). The second kappa shape index (κ2) is 8.58. The number of ether oxygens (including phenoxy) is 1. The molecule has 0 atom stereocenters. The van der Waals surface area contributed by atoms with Crippen LogP contribution in [-0.4, -0.2) is 79.1 Å². The van der Waals surface area contributed by atoms with Crippen molar-refractivity contribution in [2.24, 2.45) is 5.73 Å². The van der Waals surface area contributed by atoms with E-state index in [4.69, 9.17) is 10.5 Å². The van der Waals surface area contributed by atoms with Crippen molar-refractivity contribution < 1.29 is 14.3 Å². The average Bonchev–Trinajstić information content (AvgIpc) is 2.63. The monoisotopic (exact) mass is 352 g/mol. The molecule has 3 N–H and O–H groups in total. The summed E-state index contributed by atoms with van der Waals surface area (Å²) in [6.07, 6.45) is 6.60. The average molecular weight is 352 g/mol. The summed E-state index contributed by atoms with van der Waals surface area (Å²) in [4.78, 5) is 29.0. The third-order valence-corrected chi connectivity index (χ3v) is 5.94. The molecule has 2 aliphatic heterocycles. The van der Waals surface area contributed by atoms with Gasteiger partial charge in [0, 0.05) is 32.2 Å². The number of nitrogens with two attached hydrogens (primary N) is 1. The number of nitrogens with one attached hydrogen (secondary N) is 1. The first-order chi connectivity index (χ1) is 12.1. The highest BCUT2D eigenvalue weighted by atomic mass is 16.6. The van der Waals surface area contributed by atoms with Crippen molar-refractivity contribution in [3.05, 3.63) is 0 Å². The molecule has 0 amide bonds. The van der Waals surface area contributed by atoms with Crippen molar-refractivity contribution in [3.8, 4) is 0 Å². The molecule has 0 spiro atoms. The van der Waals surface area contributed by atoms with Crippen LogP contribution >= 0.6 is 0 Å². The Labute approximate surface area is 150 Å². The van der Waals surface area contributed by atoms with Gasteiger partial charge in [0.1, 0.15) is 5.54 Å².